The van der Waals surface area contributed by atoms with Gasteiger partial charge in [0, 0.05) is 36.7 Å². The quantitative estimate of drug-likeness (QED) is 0.564. The highest BCUT2D eigenvalue weighted by Gasteiger charge is 2.60. The van der Waals surface area contributed by atoms with Crippen LogP contribution in [0.5, 0.6) is 0 Å². The summed E-state index contributed by atoms with van der Waals surface area (Å²) in [5.41, 5.74) is 0.0610. The number of piperidine rings is 1. The molecule has 27 heavy (non-hydrogen) atoms. The Labute approximate surface area is 163 Å². The molecular weight excluding hydrogens is 370 g/mol. The second-order valence-electron chi connectivity index (χ2n) is 7.78. The number of carboxylic acid groups (broad SMARTS) is 1. The van der Waals surface area contributed by atoms with E-state index in [-0.39, 0.29) is 40.8 Å². The number of aliphatic carboxylic acids is 1. The fraction of sp³-hybridized carbons (Fsp3) is 0.722. The van der Waals surface area contributed by atoms with Gasteiger partial charge in [-0.25, -0.2) is 4.79 Å². The molecule has 150 valence electrons. The van der Waals surface area contributed by atoms with Crippen LogP contribution >= 0.6 is 11.8 Å². The number of hydrogen-bond donors (Lipinski definition) is 3. The van der Waals surface area contributed by atoms with Crippen LogP contribution in [0.4, 0.5) is 0 Å². The third-order valence-electron chi connectivity index (χ3n) is 5.71. The predicted octanol–water partition coefficient (Wildman–Crippen LogP) is 0.0821. The molecule has 6 atom stereocenters. The van der Waals surface area contributed by atoms with Gasteiger partial charge >= 0.3 is 5.97 Å². The summed E-state index contributed by atoms with van der Waals surface area (Å²) in [7, 11) is 3.46. The molecule has 0 aromatic rings. The number of aliphatic hydroxyl groups excluding tert-OH is 1. The number of rotatable bonds is 5. The third kappa shape index (κ3) is 3.36. The number of amides is 2. The number of thioether (sulfide) groups is 1. The van der Waals surface area contributed by atoms with Crippen LogP contribution in [0.1, 0.15) is 26.7 Å². The van der Waals surface area contributed by atoms with Gasteiger partial charge in [-0.15, -0.1) is 11.8 Å². The summed E-state index contributed by atoms with van der Waals surface area (Å²) in [4.78, 5) is 39.9. The molecule has 9 heteroatoms. The van der Waals surface area contributed by atoms with Crippen molar-refractivity contribution in [3.63, 3.8) is 0 Å². The Kier molecular flexibility index (Phi) is 5.56. The number of aliphatic hydroxyl groups is 1. The van der Waals surface area contributed by atoms with Crippen molar-refractivity contribution in [2.45, 2.75) is 50.1 Å². The molecule has 2 saturated heterocycles. The normalized spacial score (nSPS) is 34.2. The van der Waals surface area contributed by atoms with Gasteiger partial charge in [-0.1, -0.05) is 6.92 Å². The summed E-state index contributed by atoms with van der Waals surface area (Å²) < 4.78 is 0. The number of carboxylic acids is 1. The van der Waals surface area contributed by atoms with Crippen molar-refractivity contribution in [1.82, 2.24) is 15.1 Å². The molecule has 6 unspecified atom stereocenters. The van der Waals surface area contributed by atoms with Gasteiger partial charge in [0.05, 0.1) is 24.1 Å². The first kappa shape index (κ1) is 20.2. The summed E-state index contributed by atoms with van der Waals surface area (Å²) in [5.74, 6) is -2.03. The van der Waals surface area contributed by atoms with E-state index in [1.54, 1.807) is 25.9 Å². The van der Waals surface area contributed by atoms with Gasteiger partial charge in [0.15, 0.2) is 0 Å². The Morgan fingerprint density at radius 1 is 1.33 bits per heavy atom. The monoisotopic (exact) mass is 397 g/mol. The average Bonchev–Trinajstić information content (AvgIpc) is 2.84. The lowest BCUT2D eigenvalue weighted by atomic mass is 9.79. The smallest absolute Gasteiger partial charge is 0.353 e. The molecule has 8 nitrogen and oxygen atoms in total. The molecule has 0 aromatic carbocycles. The highest BCUT2D eigenvalue weighted by molar-refractivity contribution is 8.03. The van der Waals surface area contributed by atoms with Crippen LogP contribution in [0.2, 0.25) is 0 Å². The molecule has 0 spiro atoms. The second kappa shape index (κ2) is 7.44. The number of hydrogen-bond acceptors (Lipinski definition) is 6. The van der Waals surface area contributed by atoms with Crippen molar-refractivity contribution in [3.05, 3.63) is 10.6 Å². The lowest BCUT2D eigenvalue weighted by Crippen LogP contribution is -2.63. The van der Waals surface area contributed by atoms with Gasteiger partial charge in [-0.05, 0) is 19.8 Å². The van der Waals surface area contributed by atoms with Gasteiger partial charge in [0.2, 0.25) is 11.8 Å². The van der Waals surface area contributed by atoms with Gasteiger partial charge in [0.25, 0.3) is 0 Å². The van der Waals surface area contributed by atoms with Crippen molar-refractivity contribution in [2.75, 3.05) is 20.6 Å². The minimum atomic E-state index is -1.10. The van der Waals surface area contributed by atoms with Crippen LogP contribution < -0.4 is 5.32 Å². The number of carbonyl (C=O) groups excluding carboxylic acids is 2. The largest absolute Gasteiger partial charge is 0.477 e. The Morgan fingerprint density at radius 3 is 2.48 bits per heavy atom. The molecule has 0 radical (unpaired) electrons. The average molecular weight is 397 g/mol. The minimum Gasteiger partial charge on any atom is -0.477 e. The fourth-order valence-electron chi connectivity index (χ4n) is 4.31. The highest BCUT2D eigenvalue weighted by Crippen LogP contribution is 2.51. The van der Waals surface area contributed by atoms with Crippen LogP contribution in [-0.4, -0.2) is 81.9 Å². The summed E-state index contributed by atoms with van der Waals surface area (Å²) in [6, 6.07) is -0.488. The van der Waals surface area contributed by atoms with E-state index in [9.17, 15) is 24.6 Å². The van der Waals surface area contributed by atoms with E-state index < -0.39 is 18.0 Å². The van der Waals surface area contributed by atoms with Crippen LogP contribution in [0.15, 0.2) is 10.6 Å². The van der Waals surface area contributed by atoms with E-state index in [1.807, 2.05) is 6.92 Å². The van der Waals surface area contributed by atoms with E-state index >= 15 is 0 Å². The Balaban J connectivity index is 1.72. The number of carbonyl (C=O) groups is 3. The molecule has 3 N–H and O–H groups in total. The molecule has 3 aliphatic rings. The molecule has 3 rings (SSSR count). The maximum absolute atomic E-state index is 12.4. The topological polar surface area (TPSA) is 110 Å². The first-order valence-corrected chi connectivity index (χ1v) is 10.1. The molecule has 2 fully saturated rings. The van der Waals surface area contributed by atoms with E-state index in [2.05, 4.69) is 5.32 Å². The van der Waals surface area contributed by atoms with Crippen molar-refractivity contribution in [1.29, 1.82) is 0 Å². The maximum Gasteiger partial charge on any atom is 0.353 e. The summed E-state index contributed by atoms with van der Waals surface area (Å²) >= 11 is 1.49. The summed E-state index contributed by atoms with van der Waals surface area (Å²) in [6.45, 7) is 4.11. The van der Waals surface area contributed by atoms with Crippen molar-refractivity contribution in [3.8, 4) is 0 Å². The van der Waals surface area contributed by atoms with Gasteiger partial charge in [-0.3, -0.25) is 9.59 Å². The van der Waals surface area contributed by atoms with Gasteiger partial charge in [-0.2, -0.15) is 0 Å². The second-order valence-corrected chi connectivity index (χ2v) is 9.12. The first-order valence-electron chi connectivity index (χ1n) is 9.25. The standard InChI is InChI=1S/C18H27N3O5S/c1-8-13-12(9(2)22)17(24)21(13)14(18(25)26)15(8)27-10-5-6-11(19-7-10)16(23)20(3)4/h8-13,19,22H,5-7H2,1-4H3,(H,25,26). The van der Waals surface area contributed by atoms with E-state index in [4.69, 9.17) is 0 Å². The summed E-state index contributed by atoms with van der Waals surface area (Å²) in [6.07, 6.45) is 0.694. The molecule has 0 saturated carbocycles. The Morgan fingerprint density at radius 2 is 2.00 bits per heavy atom. The van der Waals surface area contributed by atoms with Gasteiger partial charge in [0.1, 0.15) is 5.70 Å². The van der Waals surface area contributed by atoms with Crippen LogP contribution in [0.3, 0.4) is 0 Å². The Bertz CT molecular complexity index is 684. The number of nitrogens with one attached hydrogen (secondary N) is 1. The molecule has 0 aromatic heterocycles. The summed E-state index contributed by atoms with van der Waals surface area (Å²) in [5, 5.41) is 23.0. The highest BCUT2D eigenvalue weighted by atomic mass is 32.2. The Hall–Kier alpha value is -1.58. The molecular formula is C18H27N3O5S. The number of nitrogens with zero attached hydrogens (tertiary/aromatic N) is 2. The SMILES string of the molecule is CC(O)C1C(=O)N2C(C(=O)O)=C(SC3CCC(C(=O)N(C)C)NC3)C(C)C12. The molecule has 3 aliphatic heterocycles. The zero-order valence-corrected chi connectivity index (χ0v) is 16.8. The van der Waals surface area contributed by atoms with Crippen molar-refractivity contribution in [2.24, 2.45) is 11.8 Å². The third-order valence-corrected chi connectivity index (χ3v) is 7.27. The maximum atomic E-state index is 12.4. The van der Waals surface area contributed by atoms with E-state index in [1.165, 1.54) is 16.7 Å². The number of likely N-dealkylation sites (N-methyl/N-ethyl adjacent to an activating group) is 1. The first-order chi connectivity index (χ1) is 12.6. The molecule has 0 bridgehead atoms. The van der Waals surface area contributed by atoms with E-state index in [0.29, 0.717) is 17.9 Å². The molecule has 3 heterocycles. The van der Waals surface area contributed by atoms with Crippen molar-refractivity contribution >= 4 is 29.5 Å². The van der Waals surface area contributed by atoms with E-state index in [0.717, 1.165) is 6.42 Å². The lowest BCUT2D eigenvalue weighted by Gasteiger charge is -2.46. The number of fused-ring (bicyclic) bond motifs is 1. The zero-order valence-electron chi connectivity index (χ0n) is 16.0. The molecule has 0 aliphatic carbocycles. The predicted molar refractivity (Wildman–Crippen MR) is 101 cm³/mol. The van der Waals surface area contributed by atoms with Crippen LogP contribution in [0, 0.1) is 11.8 Å². The number of β-lactam (4-membered cyclic amide) rings is 1. The van der Waals surface area contributed by atoms with Crippen molar-refractivity contribution < 1.29 is 24.6 Å². The minimum absolute atomic E-state index is 0.0488. The molecule has 2 amide bonds. The lowest BCUT2D eigenvalue weighted by molar-refractivity contribution is -0.163. The van der Waals surface area contributed by atoms with Crippen LogP contribution in [0.25, 0.3) is 0 Å². The zero-order chi connectivity index (χ0) is 20.0. The van der Waals surface area contributed by atoms with Gasteiger partial charge < -0.3 is 25.3 Å². The fourth-order valence-corrected chi connectivity index (χ4v) is 5.76. The van der Waals surface area contributed by atoms with Crippen LogP contribution in [-0.2, 0) is 14.4 Å².